The van der Waals surface area contributed by atoms with E-state index in [2.05, 4.69) is 43.0 Å². The number of likely N-dealkylation sites (tertiary alicyclic amines) is 1. The third-order valence-electron chi connectivity index (χ3n) is 4.52. The average molecular weight is 289 g/mol. The molecule has 1 saturated heterocycles. The third kappa shape index (κ3) is 3.83. The van der Waals surface area contributed by atoms with E-state index in [0.29, 0.717) is 11.8 Å². The summed E-state index contributed by atoms with van der Waals surface area (Å²) in [6, 6.07) is 10.9. The van der Waals surface area contributed by atoms with Crippen molar-refractivity contribution < 1.29 is 4.79 Å². The molecule has 0 aliphatic carbocycles. The molecule has 0 spiro atoms. The van der Waals surface area contributed by atoms with Crippen LogP contribution < -0.4 is 5.73 Å². The molecule has 2 N–H and O–H groups in total. The highest BCUT2D eigenvalue weighted by Crippen LogP contribution is 2.27. The van der Waals surface area contributed by atoms with Crippen molar-refractivity contribution in [2.75, 3.05) is 26.7 Å². The molecule has 1 aliphatic heterocycles. The van der Waals surface area contributed by atoms with Crippen molar-refractivity contribution in [3.05, 3.63) is 35.9 Å². The smallest absolute Gasteiger partial charge is 0.236 e. The van der Waals surface area contributed by atoms with E-state index in [1.165, 1.54) is 5.56 Å². The highest BCUT2D eigenvalue weighted by atomic mass is 16.2. The molecule has 1 aliphatic rings. The number of amides is 1. The minimum absolute atomic E-state index is 0.0372. The Morgan fingerprint density at radius 3 is 2.33 bits per heavy atom. The fourth-order valence-electron chi connectivity index (χ4n) is 3.71. The van der Waals surface area contributed by atoms with E-state index in [1.807, 2.05) is 18.0 Å². The van der Waals surface area contributed by atoms with Crippen molar-refractivity contribution in [3.8, 4) is 0 Å². The Morgan fingerprint density at radius 2 is 1.81 bits per heavy atom. The molecule has 21 heavy (non-hydrogen) atoms. The number of nitrogens with zero attached hydrogens (tertiary/aromatic N) is 2. The van der Waals surface area contributed by atoms with E-state index in [9.17, 15) is 4.79 Å². The lowest BCUT2D eigenvalue weighted by atomic mass is 9.84. The molecule has 4 heteroatoms. The Morgan fingerprint density at radius 1 is 1.24 bits per heavy atom. The van der Waals surface area contributed by atoms with Crippen LogP contribution in [0.3, 0.4) is 0 Å². The molecular weight excluding hydrogens is 262 g/mol. The topological polar surface area (TPSA) is 49.6 Å². The molecular formula is C17H27N3O. The van der Waals surface area contributed by atoms with Crippen LogP contribution in [0, 0.1) is 11.8 Å². The zero-order valence-electron chi connectivity index (χ0n) is 13.3. The summed E-state index contributed by atoms with van der Waals surface area (Å²) in [6.45, 7) is 7.59. The summed E-state index contributed by atoms with van der Waals surface area (Å²) in [5, 5.41) is 0. The van der Waals surface area contributed by atoms with E-state index < -0.39 is 0 Å². The molecule has 0 bridgehead atoms. The van der Waals surface area contributed by atoms with Crippen LogP contribution >= 0.6 is 0 Å². The third-order valence-corrected chi connectivity index (χ3v) is 4.52. The Labute approximate surface area is 127 Å². The van der Waals surface area contributed by atoms with Crippen LogP contribution in [0.1, 0.15) is 19.4 Å². The van der Waals surface area contributed by atoms with Gasteiger partial charge >= 0.3 is 0 Å². The van der Waals surface area contributed by atoms with Crippen molar-refractivity contribution in [1.82, 2.24) is 9.80 Å². The number of hydrogen-bond donors (Lipinski definition) is 1. The monoisotopic (exact) mass is 289 g/mol. The number of hydrogen-bond acceptors (Lipinski definition) is 3. The molecule has 0 saturated carbocycles. The van der Waals surface area contributed by atoms with Crippen LogP contribution in [0.25, 0.3) is 0 Å². The number of carbonyl (C=O) groups is 1. The fourth-order valence-corrected chi connectivity index (χ4v) is 3.71. The van der Waals surface area contributed by atoms with Crippen LogP contribution in [0.4, 0.5) is 0 Å². The molecule has 1 aromatic rings. The molecule has 1 fully saturated rings. The number of piperidine rings is 1. The normalized spacial score (nSPS) is 26.6. The van der Waals surface area contributed by atoms with Crippen molar-refractivity contribution in [2.24, 2.45) is 17.6 Å². The number of likely N-dealkylation sites (N-methyl/N-ethyl adjacent to an activating group) is 1. The van der Waals surface area contributed by atoms with E-state index in [-0.39, 0.29) is 18.5 Å². The number of carbonyl (C=O) groups excluding carboxylic acids is 1. The Hall–Kier alpha value is -1.39. The molecule has 1 amide bonds. The highest BCUT2D eigenvalue weighted by molar-refractivity contribution is 5.78. The predicted molar refractivity (Wildman–Crippen MR) is 85.7 cm³/mol. The van der Waals surface area contributed by atoms with E-state index in [1.54, 1.807) is 0 Å². The number of rotatable bonds is 4. The fraction of sp³-hybridized carbons (Fsp3) is 0.588. The molecule has 1 heterocycles. The first kappa shape index (κ1) is 16.0. The summed E-state index contributed by atoms with van der Waals surface area (Å²) >= 11 is 0. The zero-order valence-corrected chi connectivity index (χ0v) is 13.3. The van der Waals surface area contributed by atoms with Gasteiger partial charge in [-0.15, -0.1) is 0 Å². The largest absolute Gasteiger partial charge is 0.341 e. The minimum Gasteiger partial charge on any atom is -0.341 e. The molecule has 0 radical (unpaired) electrons. The van der Waals surface area contributed by atoms with Gasteiger partial charge in [0.25, 0.3) is 0 Å². The summed E-state index contributed by atoms with van der Waals surface area (Å²) in [4.78, 5) is 16.2. The van der Waals surface area contributed by atoms with E-state index in [0.717, 1.165) is 19.6 Å². The van der Waals surface area contributed by atoms with Gasteiger partial charge in [0.05, 0.1) is 6.54 Å². The van der Waals surface area contributed by atoms with Gasteiger partial charge in [-0.1, -0.05) is 44.2 Å². The first-order valence-electron chi connectivity index (χ1n) is 7.75. The molecule has 2 rings (SSSR count). The first-order chi connectivity index (χ1) is 10.0. The maximum atomic E-state index is 11.9. The second kappa shape index (κ2) is 7.05. The zero-order chi connectivity index (χ0) is 15.4. The minimum atomic E-state index is 0.0372. The summed E-state index contributed by atoms with van der Waals surface area (Å²) in [7, 11) is 1.89. The van der Waals surface area contributed by atoms with Gasteiger partial charge in [-0.2, -0.15) is 0 Å². The van der Waals surface area contributed by atoms with E-state index in [4.69, 9.17) is 5.73 Å². The van der Waals surface area contributed by atoms with Gasteiger partial charge in [0, 0.05) is 32.7 Å². The Bertz CT molecular complexity index is 450. The van der Waals surface area contributed by atoms with Crippen LogP contribution in [0.15, 0.2) is 30.3 Å². The lowest BCUT2D eigenvalue weighted by Crippen LogP contribution is -2.55. The maximum absolute atomic E-state index is 11.9. The summed E-state index contributed by atoms with van der Waals surface area (Å²) in [5.74, 6) is 0.950. The van der Waals surface area contributed by atoms with Crippen molar-refractivity contribution in [2.45, 2.75) is 26.4 Å². The van der Waals surface area contributed by atoms with Crippen molar-refractivity contribution in [1.29, 1.82) is 0 Å². The number of benzene rings is 1. The summed E-state index contributed by atoms with van der Waals surface area (Å²) in [5.41, 5.74) is 6.85. The Balaban J connectivity index is 2.00. The SMILES string of the molecule is CC1CN(Cc2ccccc2)CC(C)C1N(C)C(=O)CN. The second-order valence-corrected chi connectivity index (χ2v) is 6.33. The van der Waals surface area contributed by atoms with Crippen molar-refractivity contribution >= 4 is 5.91 Å². The summed E-state index contributed by atoms with van der Waals surface area (Å²) < 4.78 is 0. The maximum Gasteiger partial charge on any atom is 0.236 e. The molecule has 2 unspecified atom stereocenters. The van der Waals surface area contributed by atoms with Crippen LogP contribution in [0.5, 0.6) is 0 Å². The van der Waals surface area contributed by atoms with Crippen LogP contribution in [-0.4, -0.2) is 48.4 Å². The Kier molecular flexibility index (Phi) is 5.37. The van der Waals surface area contributed by atoms with Crippen molar-refractivity contribution in [3.63, 3.8) is 0 Å². The lowest BCUT2D eigenvalue weighted by Gasteiger charge is -2.45. The van der Waals surface area contributed by atoms with E-state index >= 15 is 0 Å². The van der Waals surface area contributed by atoms with Gasteiger partial charge in [-0.25, -0.2) is 0 Å². The number of nitrogens with two attached hydrogens (primary N) is 1. The lowest BCUT2D eigenvalue weighted by molar-refractivity contribution is -0.134. The predicted octanol–water partition coefficient (Wildman–Crippen LogP) is 1.56. The molecule has 0 aromatic heterocycles. The van der Waals surface area contributed by atoms with Gasteiger partial charge < -0.3 is 10.6 Å². The summed E-state index contributed by atoms with van der Waals surface area (Å²) in [6.07, 6.45) is 0. The van der Waals surface area contributed by atoms with Gasteiger partial charge in [0.2, 0.25) is 5.91 Å². The highest BCUT2D eigenvalue weighted by Gasteiger charge is 2.35. The molecule has 1 aromatic carbocycles. The van der Waals surface area contributed by atoms with Crippen LogP contribution in [0.2, 0.25) is 0 Å². The quantitative estimate of drug-likeness (QED) is 0.915. The molecule has 4 nitrogen and oxygen atoms in total. The molecule has 2 atom stereocenters. The second-order valence-electron chi connectivity index (χ2n) is 6.33. The van der Waals surface area contributed by atoms with Gasteiger partial charge in [0.1, 0.15) is 0 Å². The first-order valence-corrected chi connectivity index (χ1v) is 7.75. The van der Waals surface area contributed by atoms with Gasteiger partial charge in [-0.05, 0) is 17.4 Å². The van der Waals surface area contributed by atoms with Gasteiger partial charge in [0.15, 0.2) is 0 Å². The van der Waals surface area contributed by atoms with Crippen LogP contribution in [-0.2, 0) is 11.3 Å². The molecule has 116 valence electrons. The standard InChI is InChI=1S/C17H27N3O/c1-13-10-20(12-15-7-5-4-6-8-15)11-14(2)17(13)19(3)16(21)9-18/h4-8,13-14,17H,9-12,18H2,1-3H3. The average Bonchev–Trinajstić information content (AvgIpc) is 2.46. The van der Waals surface area contributed by atoms with Gasteiger partial charge in [-0.3, -0.25) is 9.69 Å².